The Morgan fingerprint density at radius 3 is 2.52 bits per heavy atom. The van der Waals surface area contributed by atoms with Gasteiger partial charge in [-0.3, -0.25) is 10.1 Å². The summed E-state index contributed by atoms with van der Waals surface area (Å²) < 4.78 is 27.1. The van der Waals surface area contributed by atoms with E-state index in [0.29, 0.717) is 11.1 Å². The third-order valence-electron chi connectivity index (χ3n) is 3.19. The van der Waals surface area contributed by atoms with Crippen molar-refractivity contribution in [2.45, 2.75) is 19.5 Å². The van der Waals surface area contributed by atoms with Crippen LogP contribution in [0.25, 0.3) is 0 Å². The number of hydrogen-bond donors (Lipinski definition) is 1. The largest absolute Gasteiger partial charge is 0.306 e. The van der Waals surface area contributed by atoms with Crippen LogP contribution in [0.5, 0.6) is 0 Å². The molecular weight excluding hydrogens is 278 g/mol. The van der Waals surface area contributed by atoms with E-state index < -0.39 is 16.4 Å². The number of nitro groups is 1. The molecule has 0 amide bonds. The zero-order valence-electron chi connectivity index (χ0n) is 11.3. The number of hydrogen-bond acceptors (Lipinski definition) is 3. The Morgan fingerprint density at radius 1 is 1.19 bits per heavy atom. The highest BCUT2D eigenvalue weighted by molar-refractivity contribution is 5.35. The second-order valence-corrected chi connectivity index (χ2v) is 4.67. The molecule has 6 heteroatoms. The van der Waals surface area contributed by atoms with Gasteiger partial charge in [-0.1, -0.05) is 24.3 Å². The van der Waals surface area contributed by atoms with Crippen LogP contribution in [0.2, 0.25) is 0 Å². The summed E-state index contributed by atoms with van der Waals surface area (Å²) in [6.07, 6.45) is 0. The monoisotopic (exact) mass is 292 g/mol. The molecule has 0 aliphatic carbocycles. The lowest BCUT2D eigenvalue weighted by Gasteiger charge is -2.15. The van der Waals surface area contributed by atoms with Crippen molar-refractivity contribution in [1.29, 1.82) is 0 Å². The number of nitrogens with zero attached hydrogens (tertiary/aromatic N) is 1. The third kappa shape index (κ3) is 3.61. The molecular formula is C15H14F2N2O2. The van der Waals surface area contributed by atoms with Gasteiger partial charge in [-0.2, -0.15) is 4.39 Å². The van der Waals surface area contributed by atoms with Crippen molar-refractivity contribution in [2.75, 3.05) is 0 Å². The van der Waals surface area contributed by atoms with Gasteiger partial charge in [0.15, 0.2) is 0 Å². The molecule has 0 spiro atoms. The fourth-order valence-corrected chi connectivity index (χ4v) is 2.02. The van der Waals surface area contributed by atoms with Gasteiger partial charge in [0, 0.05) is 24.2 Å². The standard InChI is InChI=1S/C15H14F2N2O2/c1-10(12-4-2-3-5-13(12)16)18-9-11-6-7-15(19(20)21)14(17)8-11/h2-8,10,18H,9H2,1H3/t10-/m1/s1. The first-order valence-electron chi connectivity index (χ1n) is 6.39. The van der Waals surface area contributed by atoms with Crippen LogP contribution < -0.4 is 5.32 Å². The molecule has 2 aromatic rings. The Hall–Kier alpha value is -2.34. The smallest absolute Gasteiger partial charge is 0.304 e. The Balaban J connectivity index is 2.05. The normalized spacial score (nSPS) is 12.1. The van der Waals surface area contributed by atoms with Crippen LogP contribution in [0.1, 0.15) is 24.1 Å². The second-order valence-electron chi connectivity index (χ2n) is 4.67. The number of halogens is 2. The van der Waals surface area contributed by atoms with Gasteiger partial charge in [0.2, 0.25) is 5.82 Å². The molecule has 0 radical (unpaired) electrons. The molecule has 0 bridgehead atoms. The van der Waals surface area contributed by atoms with Crippen molar-refractivity contribution < 1.29 is 13.7 Å². The first-order chi connectivity index (χ1) is 9.99. The molecule has 0 heterocycles. The average molecular weight is 292 g/mol. The van der Waals surface area contributed by atoms with Gasteiger partial charge in [0.25, 0.3) is 0 Å². The fraction of sp³-hybridized carbons (Fsp3) is 0.200. The molecule has 1 N–H and O–H groups in total. The van der Waals surface area contributed by atoms with Crippen LogP contribution in [-0.2, 0) is 6.54 Å². The van der Waals surface area contributed by atoms with E-state index in [-0.39, 0.29) is 18.4 Å². The Kier molecular flexibility index (Phi) is 4.59. The molecule has 21 heavy (non-hydrogen) atoms. The lowest BCUT2D eigenvalue weighted by atomic mass is 10.1. The molecule has 0 saturated heterocycles. The highest BCUT2D eigenvalue weighted by Gasteiger charge is 2.14. The summed E-state index contributed by atoms with van der Waals surface area (Å²) in [5.41, 5.74) is 0.516. The SMILES string of the molecule is C[C@@H](NCc1ccc([N+](=O)[O-])c(F)c1)c1ccccc1F. The fourth-order valence-electron chi connectivity index (χ4n) is 2.02. The van der Waals surface area contributed by atoms with Gasteiger partial charge in [0.05, 0.1) is 4.92 Å². The van der Waals surface area contributed by atoms with Crippen LogP contribution in [-0.4, -0.2) is 4.92 Å². The summed E-state index contributed by atoms with van der Waals surface area (Å²) in [4.78, 5) is 9.76. The summed E-state index contributed by atoms with van der Waals surface area (Å²) in [5, 5.41) is 13.6. The molecule has 2 rings (SSSR count). The number of nitrogens with one attached hydrogen (secondary N) is 1. The van der Waals surface area contributed by atoms with E-state index in [1.54, 1.807) is 25.1 Å². The number of nitro benzene ring substituents is 1. The second kappa shape index (κ2) is 6.41. The molecule has 0 unspecified atom stereocenters. The third-order valence-corrected chi connectivity index (χ3v) is 3.19. The van der Waals surface area contributed by atoms with E-state index in [4.69, 9.17) is 0 Å². The zero-order valence-corrected chi connectivity index (χ0v) is 11.3. The summed E-state index contributed by atoms with van der Waals surface area (Å²) in [6.45, 7) is 2.07. The molecule has 0 aliphatic heterocycles. The zero-order chi connectivity index (χ0) is 15.4. The number of rotatable bonds is 5. The van der Waals surface area contributed by atoms with Crippen molar-refractivity contribution in [2.24, 2.45) is 0 Å². The Bertz CT molecular complexity index is 662. The van der Waals surface area contributed by atoms with Gasteiger partial charge >= 0.3 is 5.69 Å². The summed E-state index contributed by atoms with van der Waals surface area (Å²) >= 11 is 0. The lowest BCUT2D eigenvalue weighted by molar-refractivity contribution is -0.387. The van der Waals surface area contributed by atoms with E-state index >= 15 is 0 Å². The predicted molar refractivity (Wildman–Crippen MR) is 74.7 cm³/mol. The summed E-state index contributed by atoms with van der Waals surface area (Å²) in [6, 6.07) is 9.84. The number of benzene rings is 2. The van der Waals surface area contributed by atoms with E-state index in [1.807, 2.05) is 0 Å². The van der Waals surface area contributed by atoms with Gasteiger partial charge in [0.1, 0.15) is 5.82 Å². The minimum absolute atomic E-state index is 0.260. The topological polar surface area (TPSA) is 55.2 Å². The van der Waals surface area contributed by atoms with Crippen LogP contribution in [0, 0.1) is 21.7 Å². The van der Waals surface area contributed by atoms with E-state index in [2.05, 4.69) is 5.32 Å². The lowest BCUT2D eigenvalue weighted by Crippen LogP contribution is -2.19. The average Bonchev–Trinajstić information content (AvgIpc) is 2.45. The van der Waals surface area contributed by atoms with Gasteiger partial charge in [-0.15, -0.1) is 0 Å². The van der Waals surface area contributed by atoms with E-state index in [1.165, 1.54) is 12.1 Å². The molecule has 0 fully saturated rings. The highest BCUT2D eigenvalue weighted by atomic mass is 19.1. The highest BCUT2D eigenvalue weighted by Crippen LogP contribution is 2.20. The molecule has 4 nitrogen and oxygen atoms in total. The van der Waals surface area contributed by atoms with E-state index in [0.717, 1.165) is 12.1 Å². The van der Waals surface area contributed by atoms with Crippen molar-refractivity contribution in [3.8, 4) is 0 Å². The van der Waals surface area contributed by atoms with Gasteiger partial charge in [-0.05, 0) is 24.6 Å². The van der Waals surface area contributed by atoms with Gasteiger partial charge < -0.3 is 5.32 Å². The maximum absolute atomic E-state index is 13.6. The molecule has 0 saturated carbocycles. The quantitative estimate of drug-likeness (QED) is 0.675. The van der Waals surface area contributed by atoms with Crippen LogP contribution in [0.3, 0.4) is 0 Å². The van der Waals surface area contributed by atoms with Crippen molar-refractivity contribution in [1.82, 2.24) is 5.32 Å². The molecule has 1 atom stereocenters. The van der Waals surface area contributed by atoms with E-state index in [9.17, 15) is 18.9 Å². The maximum Gasteiger partial charge on any atom is 0.304 e. The molecule has 0 aliphatic rings. The van der Waals surface area contributed by atoms with Crippen LogP contribution in [0.15, 0.2) is 42.5 Å². The maximum atomic E-state index is 13.6. The minimum atomic E-state index is -0.877. The molecule has 2 aromatic carbocycles. The van der Waals surface area contributed by atoms with Crippen molar-refractivity contribution in [3.05, 3.63) is 75.3 Å². The first kappa shape index (κ1) is 15.1. The minimum Gasteiger partial charge on any atom is -0.306 e. The van der Waals surface area contributed by atoms with Crippen LogP contribution >= 0.6 is 0 Å². The Labute approximate surface area is 120 Å². The first-order valence-corrected chi connectivity index (χ1v) is 6.39. The summed E-state index contributed by atoms with van der Waals surface area (Å²) in [7, 11) is 0. The molecule has 110 valence electrons. The van der Waals surface area contributed by atoms with Gasteiger partial charge in [-0.25, -0.2) is 4.39 Å². The Morgan fingerprint density at radius 2 is 1.90 bits per heavy atom. The van der Waals surface area contributed by atoms with Crippen LogP contribution in [0.4, 0.5) is 14.5 Å². The van der Waals surface area contributed by atoms with Crippen molar-refractivity contribution in [3.63, 3.8) is 0 Å². The van der Waals surface area contributed by atoms with Crippen molar-refractivity contribution >= 4 is 5.69 Å². The molecule has 0 aromatic heterocycles. The summed E-state index contributed by atoms with van der Waals surface area (Å²) in [5.74, 6) is -1.19. The predicted octanol–water partition coefficient (Wildman–Crippen LogP) is 3.72.